The van der Waals surface area contributed by atoms with Gasteiger partial charge in [-0.25, -0.2) is 0 Å². The zero-order chi connectivity index (χ0) is 23.5. The van der Waals surface area contributed by atoms with Gasteiger partial charge in [0.05, 0.1) is 24.5 Å². The van der Waals surface area contributed by atoms with Crippen LogP contribution in [0.4, 0.5) is 5.69 Å². The van der Waals surface area contributed by atoms with Crippen LogP contribution in [0.5, 0.6) is 11.5 Å². The van der Waals surface area contributed by atoms with Crippen LogP contribution in [-0.2, 0) is 9.59 Å². The summed E-state index contributed by atoms with van der Waals surface area (Å²) in [5.74, 6) is -0.631. The number of benzene rings is 2. The molecule has 1 aliphatic rings. The Kier molecular flexibility index (Phi) is 6.13. The zero-order valence-corrected chi connectivity index (χ0v) is 18.6. The summed E-state index contributed by atoms with van der Waals surface area (Å²) in [7, 11) is 1.52. The number of aliphatic hydroxyl groups is 1. The average Bonchev–Trinajstić information content (AvgIpc) is 3.10. The Labute approximate surface area is 191 Å². The van der Waals surface area contributed by atoms with Crippen LogP contribution in [0, 0.1) is 0 Å². The van der Waals surface area contributed by atoms with Gasteiger partial charge in [-0.2, -0.15) is 0 Å². The number of aliphatic hydroxyl groups excluding tert-OH is 1. The molecule has 0 radical (unpaired) electrons. The number of carbonyl (C=O) groups excluding carboxylic acids is 2. The second-order valence-electron chi connectivity index (χ2n) is 7.82. The van der Waals surface area contributed by atoms with Crippen molar-refractivity contribution in [1.29, 1.82) is 0 Å². The van der Waals surface area contributed by atoms with Crippen molar-refractivity contribution in [3.8, 4) is 11.5 Å². The predicted molar refractivity (Wildman–Crippen MR) is 124 cm³/mol. The minimum atomic E-state index is -0.898. The molecule has 1 atom stereocenters. The van der Waals surface area contributed by atoms with E-state index >= 15 is 0 Å². The third-order valence-electron chi connectivity index (χ3n) is 5.24. The lowest BCUT2D eigenvalue weighted by atomic mass is 9.98. The normalized spacial score (nSPS) is 17.5. The molecule has 1 aliphatic heterocycles. The lowest BCUT2D eigenvalue weighted by Crippen LogP contribution is -2.29. The molecule has 1 fully saturated rings. The summed E-state index contributed by atoms with van der Waals surface area (Å²) in [5, 5.41) is 11.2. The molecule has 7 nitrogen and oxygen atoms in total. The maximum atomic E-state index is 13.2. The second-order valence-corrected chi connectivity index (χ2v) is 7.82. The van der Waals surface area contributed by atoms with Crippen molar-refractivity contribution in [2.45, 2.75) is 26.0 Å². The van der Waals surface area contributed by atoms with Crippen molar-refractivity contribution in [2.75, 3.05) is 12.0 Å². The average molecular weight is 444 g/mol. The van der Waals surface area contributed by atoms with Crippen LogP contribution >= 0.6 is 0 Å². The molecular formula is C26H24N2O5. The van der Waals surface area contributed by atoms with Crippen LogP contribution in [0.25, 0.3) is 5.76 Å². The molecule has 3 aromatic rings. The van der Waals surface area contributed by atoms with E-state index in [1.807, 2.05) is 13.8 Å². The van der Waals surface area contributed by atoms with E-state index in [0.717, 1.165) is 0 Å². The molecule has 1 N–H and O–H groups in total. The number of amides is 1. The van der Waals surface area contributed by atoms with Crippen LogP contribution in [0.2, 0.25) is 0 Å². The van der Waals surface area contributed by atoms with Crippen molar-refractivity contribution in [3.05, 3.63) is 89.8 Å². The SMILES string of the molecule is COc1cccc(N2C(=O)C(=O)/C(=C(/O)c3ccc(OC(C)C)cc3)C2c2ccccn2)c1. The summed E-state index contributed by atoms with van der Waals surface area (Å²) in [6, 6.07) is 17.9. The van der Waals surface area contributed by atoms with E-state index < -0.39 is 17.7 Å². The topological polar surface area (TPSA) is 89.0 Å². The molecule has 0 bridgehead atoms. The quantitative estimate of drug-likeness (QED) is 0.342. The van der Waals surface area contributed by atoms with Crippen LogP contribution in [0.3, 0.4) is 0 Å². The third kappa shape index (κ3) is 4.30. The smallest absolute Gasteiger partial charge is 0.300 e. The Balaban J connectivity index is 1.85. The largest absolute Gasteiger partial charge is 0.507 e. The summed E-state index contributed by atoms with van der Waals surface area (Å²) in [6.07, 6.45) is 1.58. The molecule has 0 spiro atoms. The minimum Gasteiger partial charge on any atom is -0.507 e. The Hall–Kier alpha value is -4.13. The van der Waals surface area contributed by atoms with Crippen molar-refractivity contribution >= 4 is 23.1 Å². The van der Waals surface area contributed by atoms with E-state index in [-0.39, 0.29) is 17.4 Å². The van der Waals surface area contributed by atoms with Gasteiger partial charge in [-0.15, -0.1) is 0 Å². The summed E-state index contributed by atoms with van der Waals surface area (Å²) in [4.78, 5) is 32.0. The first-order valence-electron chi connectivity index (χ1n) is 10.5. The van der Waals surface area contributed by atoms with Crippen molar-refractivity contribution in [1.82, 2.24) is 4.98 Å². The predicted octanol–water partition coefficient (Wildman–Crippen LogP) is 4.50. The number of hydrogen-bond donors (Lipinski definition) is 1. The molecule has 1 unspecified atom stereocenters. The number of aromatic nitrogens is 1. The van der Waals surface area contributed by atoms with E-state index in [0.29, 0.717) is 28.4 Å². The number of methoxy groups -OCH3 is 1. The van der Waals surface area contributed by atoms with Crippen molar-refractivity contribution in [2.24, 2.45) is 0 Å². The molecule has 168 valence electrons. The molecular weight excluding hydrogens is 420 g/mol. The Bertz CT molecular complexity index is 1200. The molecule has 7 heteroatoms. The van der Waals surface area contributed by atoms with Crippen LogP contribution < -0.4 is 14.4 Å². The number of nitrogens with zero attached hydrogens (tertiary/aromatic N) is 2. The van der Waals surface area contributed by atoms with Crippen LogP contribution in [0.15, 0.2) is 78.5 Å². The molecule has 4 rings (SSSR count). The van der Waals surface area contributed by atoms with E-state index in [2.05, 4.69) is 4.98 Å². The molecule has 33 heavy (non-hydrogen) atoms. The van der Waals surface area contributed by atoms with Gasteiger partial charge in [-0.3, -0.25) is 19.5 Å². The van der Waals surface area contributed by atoms with Crippen molar-refractivity contribution in [3.63, 3.8) is 0 Å². The number of Topliss-reactive ketones (excluding diaryl/α,β-unsaturated/α-hetero) is 1. The summed E-state index contributed by atoms with van der Waals surface area (Å²) in [6.45, 7) is 3.83. The van der Waals surface area contributed by atoms with Gasteiger partial charge < -0.3 is 14.6 Å². The van der Waals surface area contributed by atoms with E-state index in [9.17, 15) is 14.7 Å². The standard InChI is InChI=1S/C26H24N2O5/c1-16(2)33-19-12-10-17(11-13-19)24(29)22-23(21-9-4-5-14-27-21)28(26(31)25(22)30)18-7-6-8-20(15-18)32-3/h4-16,23,29H,1-3H3/b24-22+. The fourth-order valence-corrected chi connectivity index (χ4v) is 3.80. The monoisotopic (exact) mass is 444 g/mol. The first-order valence-corrected chi connectivity index (χ1v) is 10.5. The van der Waals surface area contributed by atoms with E-state index in [1.54, 1.807) is 72.9 Å². The molecule has 0 saturated carbocycles. The van der Waals surface area contributed by atoms with Gasteiger partial charge in [0.25, 0.3) is 11.7 Å². The number of ether oxygens (including phenoxy) is 2. The van der Waals surface area contributed by atoms with Gasteiger partial charge in [-0.05, 0) is 62.4 Å². The number of rotatable bonds is 6. The third-order valence-corrected chi connectivity index (χ3v) is 5.24. The maximum absolute atomic E-state index is 13.2. The van der Waals surface area contributed by atoms with E-state index in [1.165, 1.54) is 12.0 Å². The number of hydrogen-bond acceptors (Lipinski definition) is 6. The highest BCUT2D eigenvalue weighted by Gasteiger charge is 2.47. The summed E-state index contributed by atoms with van der Waals surface area (Å²) < 4.78 is 10.9. The lowest BCUT2D eigenvalue weighted by Gasteiger charge is -2.24. The molecule has 0 aliphatic carbocycles. The molecule has 1 amide bonds. The molecule has 2 heterocycles. The summed E-state index contributed by atoms with van der Waals surface area (Å²) in [5.41, 5.74) is 1.29. The number of pyridine rings is 1. The van der Waals surface area contributed by atoms with Gasteiger partial charge in [0.2, 0.25) is 0 Å². The number of carbonyl (C=O) groups is 2. The van der Waals surface area contributed by atoms with Gasteiger partial charge in [-0.1, -0.05) is 12.1 Å². The fourth-order valence-electron chi connectivity index (χ4n) is 3.80. The van der Waals surface area contributed by atoms with Gasteiger partial charge in [0.1, 0.15) is 23.3 Å². The number of anilines is 1. The van der Waals surface area contributed by atoms with E-state index in [4.69, 9.17) is 9.47 Å². The molecule has 1 aromatic heterocycles. The lowest BCUT2D eigenvalue weighted by molar-refractivity contribution is -0.132. The fraction of sp³-hybridized carbons (Fsp3) is 0.192. The van der Waals surface area contributed by atoms with Crippen molar-refractivity contribution < 1.29 is 24.2 Å². The maximum Gasteiger partial charge on any atom is 0.300 e. The number of ketones is 1. The Morgan fingerprint density at radius 3 is 2.39 bits per heavy atom. The highest BCUT2D eigenvalue weighted by Crippen LogP contribution is 2.42. The van der Waals surface area contributed by atoms with Gasteiger partial charge >= 0.3 is 0 Å². The first-order chi connectivity index (χ1) is 15.9. The summed E-state index contributed by atoms with van der Waals surface area (Å²) >= 11 is 0. The first kappa shape index (κ1) is 22.1. The zero-order valence-electron chi connectivity index (χ0n) is 18.6. The van der Waals surface area contributed by atoms with Crippen LogP contribution in [0.1, 0.15) is 31.1 Å². The second kappa shape index (κ2) is 9.16. The highest BCUT2D eigenvalue weighted by molar-refractivity contribution is 6.51. The van der Waals surface area contributed by atoms with Gasteiger partial charge in [0.15, 0.2) is 0 Å². The molecule has 2 aromatic carbocycles. The Morgan fingerprint density at radius 1 is 1.00 bits per heavy atom. The minimum absolute atomic E-state index is 0.00166. The Morgan fingerprint density at radius 2 is 1.76 bits per heavy atom. The van der Waals surface area contributed by atoms with Gasteiger partial charge in [0, 0.05) is 23.5 Å². The highest BCUT2D eigenvalue weighted by atomic mass is 16.5. The van der Waals surface area contributed by atoms with Crippen LogP contribution in [-0.4, -0.2) is 35.0 Å². The molecule has 1 saturated heterocycles.